The molecule has 8 nitrogen and oxygen atoms in total. The number of hydrogen-bond acceptors (Lipinski definition) is 8. The molecule has 5 rings (SSSR count). The largest absolute Gasteiger partial charge is 0.493 e. The first-order valence-electron chi connectivity index (χ1n) is 12.4. The van der Waals surface area contributed by atoms with Gasteiger partial charge in [0.15, 0.2) is 11.5 Å². The smallest absolute Gasteiger partial charge is 0.230 e. The maximum Gasteiger partial charge on any atom is 0.230 e. The van der Waals surface area contributed by atoms with E-state index in [1.807, 2.05) is 18.2 Å². The van der Waals surface area contributed by atoms with Crippen molar-refractivity contribution in [2.24, 2.45) is 0 Å². The topological polar surface area (TPSA) is 77.0 Å². The molecule has 0 saturated carbocycles. The zero-order valence-electron chi connectivity index (χ0n) is 21.1. The van der Waals surface area contributed by atoms with Gasteiger partial charge in [0.25, 0.3) is 0 Å². The molecule has 0 spiro atoms. The predicted octanol–water partition coefficient (Wildman–Crippen LogP) is 3.98. The van der Waals surface area contributed by atoms with Gasteiger partial charge in [-0.05, 0) is 55.2 Å². The van der Waals surface area contributed by atoms with E-state index in [-0.39, 0.29) is 5.78 Å². The highest BCUT2D eigenvalue weighted by Crippen LogP contribution is 2.37. The Morgan fingerprint density at radius 3 is 2.61 bits per heavy atom. The van der Waals surface area contributed by atoms with Crippen LogP contribution < -0.4 is 14.2 Å². The van der Waals surface area contributed by atoms with Crippen LogP contribution in [0.25, 0.3) is 16.5 Å². The summed E-state index contributed by atoms with van der Waals surface area (Å²) in [6, 6.07) is 9.91. The van der Waals surface area contributed by atoms with Crippen LogP contribution in [0.1, 0.15) is 25.0 Å². The molecule has 1 aliphatic carbocycles. The van der Waals surface area contributed by atoms with Crippen LogP contribution in [0.2, 0.25) is 0 Å². The lowest BCUT2D eigenvalue weighted by Crippen LogP contribution is -2.48. The third-order valence-electron chi connectivity index (χ3n) is 6.81. The Morgan fingerprint density at radius 2 is 1.83 bits per heavy atom. The standard InChI is InChI=1S/C28H32N4O4/c1-19-4-5-21-6-7-22(14-23(19)21)36-28-24-15-26(34-3)27(16-25(24)29-18-30-28)35-13-12-31-8-10-32(11-9-31)17-20(2)33/h4,6-7,14-16,18H,5,8-13,17H2,1-3H3. The van der Waals surface area contributed by atoms with E-state index in [4.69, 9.17) is 14.2 Å². The Bertz CT molecular complexity index is 1300. The number of methoxy groups -OCH3 is 1. The van der Waals surface area contributed by atoms with Crippen molar-refractivity contribution in [1.82, 2.24) is 19.8 Å². The number of rotatable bonds is 9. The molecule has 0 N–H and O–H groups in total. The highest BCUT2D eigenvalue weighted by atomic mass is 16.5. The lowest BCUT2D eigenvalue weighted by molar-refractivity contribution is -0.118. The van der Waals surface area contributed by atoms with Gasteiger partial charge in [0.1, 0.15) is 24.5 Å². The van der Waals surface area contributed by atoms with Crippen molar-refractivity contribution in [3.05, 3.63) is 53.9 Å². The summed E-state index contributed by atoms with van der Waals surface area (Å²) in [4.78, 5) is 24.7. The summed E-state index contributed by atoms with van der Waals surface area (Å²) < 4.78 is 17.9. The van der Waals surface area contributed by atoms with Crippen molar-refractivity contribution < 1.29 is 19.0 Å². The number of ketones is 1. The third-order valence-corrected chi connectivity index (χ3v) is 6.81. The Morgan fingerprint density at radius 1 is 1.03 bits per heavy atom. The highest BCUT2D eigenvalue weighted by Gasteiger charge is 2.19. The maximum absolute atomic E-state index is 11.3. The molecule has 0 unspecified atom stereocenters. The number of Topliss-reactive ketones (excluding diaryl/α,β-unsaturated/α-hetero) is 1. The molecular weight excluding hydrogens is 456 g/mol. The van der Waals surface area contributed by atoms with Crippen molar-refractivity contribution in [1.29, 1.82) is 0 Å². The Labute approximate surface area is 211 Å². The summed E-state index contributed by atoms with van der Waals surface area (Å²) in [5, 5.41) is 0.760. The van der Waals surface area contributed by atoms with Crippen LogP contribution in [0.4, 0.5) is 0 Å². The van der Waals surface area contributed by atoms with Crippen LogP contribution >= 0.6 is 0 Å². The molecule has 2 heterocycles. The van der Waals surface area contributed by atoms with Crippen LogP contribution in [0, 0.1) is 0 Å². The quantitative estimate of drug-likeness (QED) is 0.448. The van der Waals surface area contributed by atoms with Crippen LogP contribution in [-0.4, -0.2) is 78.5 Å². The zero-order valence-corrected chi connectivity index (χ0v) is 21.1. The molecular formula is C28H32N4O4. The molecule has 1 aliphatic heterocycles. The van der Waals surface area contributed by atoms with Gasteiger partial charge < -0.3 is 14.2 Å². The molecule has 1 fully saturated rings. The van der Waals surface area contributed by atoms with Crippen LogP contribution in [0.5, 0.6) is 23.1 Å². The minimum atomic E-state index is 0.215. The molecule has 188 valence electrons. The monoisotopic (exact) mass is 488 g/mol. The molecule has 8 heteroatoms. The summed E-state index contributed by atoms with van der Waals surface area (Å²) >= 11 is 0. The summed E-state index contributed by atoms with van der Waals surface area (Å²) in [6.07, 6.45) is 4.70. The molecule has 0 bridgehead atoms. The Balaban J connectivity index is 1.26. The minimum absolute atomic E-state index is 0.215. The molecule has 0 atom stereocenters. The minimum Gasteiger partial charge on any atom is -0.493 e. The molecule has 2 aliphatic rings. The number of benzene rings is 2. The second-order valence-corrected chi connectivity index (χ2v) is 9.38. The summed E-state index contributed by atoms with van der Waals surface area (Å²) in [5.41, 5.74) is 4.53. The molecule has 1 aromatic heterocycles. The van der Waals surface area contributed by atoms with Gasteiger partial charge in [-0.2, -0.15) is 0 Å². The van der Waals surface area contributed by atoms with E-state index in [0.29, 0.717) is 30.5 Å². The number of hydrogen-bond donors (Lipinski definition) is 0. The fourth-order valence-corrected chi connectivity index (χ4v) is 4.81. The summed E-state index contributed by atoms with van der Waals surface area (Å²) in [5.74, 6) is 2.69. The number of piperazine rings is 1. The van der Waals surface area contributed by atoms with E-state index in [9.17, 15) is 4.79 Å². The number of ether oxygens (including phenoxy) is 3. The number of carbonyl (C=O) groups excluding carboxylic acids is 1. The van der Waals surface area contributed by atoms with E-state index in [1.54, 1.807) is 14.0 Å². The average Bonchev–Trinajstić information content (AvgIpc) is 3.24. The molecule has 36 heavy (non-hydrogen) atoms. The number of allylic oxidation sites excluding steroid dienone is 2. The van der Waals surface area contributed by atoms with Crippen molar-refractivity contribution in [3.8, 4) is 23.1 Å². The Kier molecular flexibility index (Phi) is 7.16. The zero-order chi connectivity index (χ0) is 25.1. The van der Waals surface area contributed by atoms with Crippen molar-refractivity contribution >= 4 is 22.3 Å². The van der Waals surface area contributed by atoms with Crippen LogP contribution in [0.15, 0.2) is 42.7 Å². The van der Waals surface area contributed by atoms with Gasteiger partial charge in [-0.1, -0.05) is 12.1 Å². The normalized spacial score (nSPS) is 16.0. The molecule has 1 saturated heterocycles. The van der Waals surface area contributed by atoms with Crippen LogP contribution in [-0.2, 0) is 11.2 Å². The van der Waals surface area contributed by atoms with Crippen molar-refractivity contribution in [2.75, 3.05) is 53.0 Å². The molecule has 2 aromatic carbocycles. The lowest BCUT2D eigenvalue weighted by atomic mass is 10.1. The van der Waals surface area contributed by atoms with Gasteiger partial charge in [0.2, 0.25) is 5.88 Å². The van der Waals surface area contributed by atoms with Gasteiger partial charge in [0, 0.05) is 38.8 Å². The van der Waals surface area contributed by atoms with Gasteiger partial charge in [-0.3, -0.25) is 14.6 Å². The van der Waals surface area contributed by atoms with Gasteiger partial charge >= 0.3 is 0 Å². The first kappa shape index (κ1) is 24.2. The number of nitrogens with zero attached hydrogens (tertiary/aromatic N) is 4. The third kappa shape index (κ3) is 5.34. The SMILES string of the molecule is COc1cc2c(Oc3ccc4c(c3)C(C)=CC4)ncnc2cc1OCCN1CCN(CC(C)=O)CC1. The van der Waals surface area contributed by atoms with E-state index in [1.165, 1.54) is 23.0 Å². The fraction of sp³-hybridized carbons (Fsp3) is 0.393. The lowest BCUT2D eigenvalue weighted by Gasteiger charge is -2.34. The second kappa shape index (κ2) is 10.6. The van der Waals surface area contributed by atoms with Gasteiger partial charge in [-0.25, -0.2) is 9.97 Å². The van der Waals surface area contributed by atoms with E-state index >= 15 is 0 Å². The number of carbonyl (C=O) groups is 1. The predicted molar refractivity (Wildman–Crippen MR) is 139 cm³/mol. The van der Waals surface area contributed by atoms with E-state index < -0.39 is 0 Å². The summed E-state index contributed by atoms with van der Waals surface area (Å²) in [6.45, 7) is 9.30. The second-order valence-electron chi connectivity index (χ2n) is 9.38. The molecule has 0 amide bonds. The number of fused-ring (bicyclic) bond motifs is 2. The van der Waals surface area contributed by atoms with Crippen molar-refractivity contribution in [2.45, 2.75) is 20.3 Å². The number of aromatic nitrogens is 2. The van der Waals surface area contributed by atoms with Crippen molar-refractivity contribution in [3.63, 3.8) is 0 Å². The van der Waals surface area contributed by atoms with Gasteiger partial charge in [0.05, 0.1) is 24.6 Å². The van der Waals surface area contributed by atoms with Crippen LogP contribution in [0.3, 0.4) is 0 Å². The Hall–Kier alpha value is -3.49. The first-order valence-corrected chi connectivity index (χ1v) is 12.4. The molecule has 0 radical (unpaired) electrons. The van der Waals surface area contributed by atoms with E-state index in [0.717, 1.165) is 55.8 Å². The summed E-state index contributed by atoms with van der Waals surface area (Å²) in [7, 11) is 1.63. The maximum atomic E-state index is 11.3. The van der Waals surface area contributed by atoms with E-state index in [2.05, 4.69) is 44.9 Å². The average molecular weight is 489 g/mol. The first-order chi connectivity index (χ1) is 17.5. The van der Waals surface area contributed by atoms with Gasteiger partial charge in [-0.15, -0.1) is 0 Å². The highest BCUT2D eigenvalue weighted by molar-refractivity contribution is 5.87. The molecule has 3 aromatic rings. The fourth-order valence-electron chi connectivity index (χ4n) is 4.81.